The molecule has 5 nitrogen and oxygen atoms in total. The van der Waals surface area contributed by atoms with E-state index in [4.69, 9.17) is 4.74 Å². The number of rotatable bonds is 7. The van der Waals surface area contributed by atoms with E-state index in [1.807, 2.05) is 30.3 Å². The normalized spacial score (nSPS) is 10.1. The fraction of sp³-hybridized carbons (Fsp3) is 0.222. The number of benzene rings is 2. The maximum Gasteiger partial charge on any atom is 0.234 e. The Labute approximate surface area is 145 Å². The smallest absolute Gasteiger partial charge is 0.234 e. The molecule has 2 rings (SSSR count). The Balaban J connectivity index is 2.05. The zero-order valence-electron chi connectivity index (χ0n) is 13.7. The van der Waals surface area contributed by atoms with Crippen molar-refractivity contribution in [3.63, 3.8) is 0 Å². The van der Waals surface area contributed by atoms with E-state index >= 15 is 0 Å². The lowest BCUT2D eigenvalue weighted by Gasteiger charge is -2.13. The molecule has 0 fully saturated rings. The second-order valence-corrected chi connectivity index (χ2v) is 6.01. The lowest BCUT2D eigenvalue weighted by Crippen LogP contribution is -2.17. The van der Waals surface area contributed by atoms with Gasteiger partial charge in [0, 0.05) is 17.4 Å². The number of amides is 2. The van der Waals surface area contributed by atoms with Crippen molar-refractivity contribution in [1.29, 1.82) is 0 Å². The molecular formula is C18H20N2O3S. The number of hydrogen-bond acceptors (Lipinski definition) is 4. The highest BCUT2D eigenvalue weighted by atomic mass is 32.2. The van der Waals surface area contributed by atoms with Crippen molar-refractivity contribution in [2.45, 2.75) is 18.2 Å². The number of anilines is 2. The Morgan fingerprint density at radius 2 is 1.71 bits per heavy atom. The summed E-state index contributed by atoms with van der Waals surface area (Å²) >= 11 is 1.45. The van der Waals surface area contributed by atoms with Crippen LogP contribution in [-0.2, 0) is 9.59 Å². The summed E-state index contributed by atoms with van der Waals surface area (Å²) in [5, 5.41) is 5.61. The number of carbonyl (C=O) groups is 2. The highest BCUT2D eigenvalue weighted by molar-refractivity contribution is 8.00. The largest absolute Gasteiger partial charge is 0.497 e. The van der Waals surface area contributed by atoms with Crippen LogP contribution in [-0.4, -0.2) is 24.7 Å². The van der Waals surface area contributed by atoms with Crippen LogP contribution in [0.15, 0.2) is 53.4 Å². The minimum absolute atomic E-state index is 0.116. The average Bonchev–Trinajstić information content (AvgIpc) is 2.62. The van der Waals surface area contributed by atoms with Crippen molar-refractivity contribution >= 4 is 35.0 Å². The van der Waals surface area contributed by atoms with Gasteiger partial charge in [0.15, 0.2) is 0 Å². The maximum absolute atomic E-state index is 12.2. The molecule has 24 heavy (non-hydrogen) atoms. The molecule has 0 radical (unpaired) electrons. The van der Waals surface area contributed by atoms with Crippen molar-refractivity contribution < 1.29 is 14.3 Å². The van der Waals surface area contributed by atoms with Crippen molar-refractivity contribution in [1.82, 2.24) is 0 Å². The Morgan fingerprint density at radius 1 is 1.00 bits per heavy atom. The van der Waals surface area contributed by atoms with E-state index in [2.05, 4.69) is 10.6 Å². The number of methoxy groups -OCH3 is 1. The van der Waals surface area contributed by atoms with Gasteiger partial charge in [-0.25, -0.2) is 0 Å². The van der Waals surface area contributed by atoms with Gasteiger partial charge >= 0.3 is 0 Å². The van der Waals surface area contributed by atoms with Crippen LogP contribution >= 0.6 is 11.8 Å². The summed E-state index contributed by atoms with van der Waals surface area (Å²) < 4.78 is 5.18. The zero-order valence-corrected chi connectivity index (χ0v) is 14.5. The summed E-state index contributed by atoms with van der Waals surface area (Å²) in [5.74, 6) is 0.622. The van der Waals surface area contributed by atoms with E-state index in [0.29, 0.717) is 23.5 Å². The summed E-state index contributed by atoms with van der Waals surface area (Å²) in [6.07, 6.45) is 0.364. The van der Waals surface area contributed by atoms with E-state index in [9.17, 15) is 9.59 Å². The molecule has 0 aliphatic heterocycles. The van der Waals surface area contributed by atoms with Gasteiger partial charge < -0.3 is 15.4 Å². The molecule has 2 aromatic rings. The van der Waals surface area contributed by atoms with Crippen molar-refractivity contribution in [2.75, 3.05) is 23.5 Å². The molecule has 6 heteroatoms. The molecule has 0 heterocycles. The predicted molar refractivity (Wildman–Crippen MR) is 97.7 cm³/mol. The molecule has 0 saturated carbocycles. The Bertz CT molecular complexity index is 705. The fourth-order valence-corrected chi connectivity index (χ4v) is 2.67. The van der Waals surface area contributed by atoms with E-state index in [1.54, 1.807) is 32.2 Å². The summed E-state index contributed by atoms with van der Waals surface area (Å²) in [4.78, 5) is 24.9. The fourth-order valence-electron chi connectivity index (χ4n) is 1.95. The van der Waals surface area contributed by atoms with Gasteiger partial charge in [-0.2, -0.15) is 0 Å². The van der Waals surface area contributed by atoms with Crippen molar-refractivity contribution in [3.05, 3.63) is 48.5 Å². The first-order valence-electron chi connectivity index (χ1n) is 7.58. The molecule has 0 saturated heterocycles. The Morgan fingerprint density at radius 3 is 2.38 bits per heavy atom. The molecule has 126 valence electrons. The molecule has 0 atom stereocenters. The average molecular weight is 344 g/mol. The SMILES string of the molecule is CCC(=O)Nc1ccc(OC)cc1NC(=O)CSc1ccccc1. The van der Waals surface area contributed by atoms with Gasteiger partial charge in [0.2, 0.25) is 11.8 Å². The number of thioether (sulfide) groups is 1. The number of nitrogens with one attached hydrogen (secondary N) is 2. The maximum atomic E-state index is 12.2. The lowest BCUT2D eigenvalue weighted by molar-refractivity contribution is -0.116. The minimum atomic E-state index is -0.149. The quantitative estimate of drug-likeness (QED) is 0.750. The molecular weight excluding hydrogens is 324 g/mol. The first-order valence-corrected chi connectivity index (χ1v) is 8.56. The monoisotopic (exact) mass is 344 g/mol. The third kappa shape index (κ3) is 5.31. The van der Waals surface area contributed by atoms with Gasteiger partial charge in [-0.1, -0.05) is 25.1 Å². The number of hydrogen-bond donors (Lipinski definition) is 2. The first kappa shape index (κ1) is 17.9. The van der Waals surface area contributed by atoms with Gasteiger partial charge in [-0.15, -0.1) is 11.8 Å². The highest BCUT2D eigenvalue weighted by Crippen LogP contribution is 2.28. The van der Waals surface area contributed by atoms with Crippen LogP contribution in [0.4, 0.5) is 11.4 Å². The van der Waals surface area contributed by atoms with E-state index in [0.717, 1.165) is 4.90 Å². The molecule has 2 aromatic carbocycles. The van der Waals surface area contributed by atoms with Gasteiger partial charge in [0.05, 0.1) is 24.2 Å². The number of carbonyl (C=O) groups excluding carboxylic acids is 2. The molecule has 0 spiro atoms. The van der Waals surface area contributed by atoms with E-state index in [-0.39, 0.29) is 17.6 Å². The van der Waals surface area contributed by atoms with Crippen LogP contribution in [0.25, 0.3) is 0 Å². The molecule has 0 aliphatic rings. The highest BCUT2D eigenvalue weighted by Gasteiger charge is 2.11. The van der Waals surface area contributed by atoms with E-state index < -0.39 is 0 Å². The van der Waals surface area contributed by atoms with Crippen molar-refractivity contribution in [3.8, 4) is 5.75 Å². The molecule has 0 aliphatic carbocycles. The van der Waals surface area contributed by atoms with Crippen LogP contribution in [0.5, 0.6) is 5.75 Å². The Kier molecular flexibility index (Phi) is 6.69. The van der Waals surface area contributed by atoms with Crippen LogP contribution in [0.1, 0.15) is 13.3 Å². The lowest BCUT2D eigenvalue weighted by atomic mass is 10.2. The third-order valence-electron chi connectivity index (χ3n) is 3.21. The predicted octanol–water partition coefficient (Wildman–Crippen LogP) is 3.77. The molecule has 0 unspecified atom stereocenters. The van der Waals surface area contributed by atoms with Crippen LogP contribution < -0.4 is 15.4 Å². The molecule has 2 amide bonds. The number of ether oxygens (including phenoxy) is 1. The van der Waals surface area contributed by atoms with E-state index in [1.165, 1.54) is 11.8 Å². The van der Waals surface area contributed by atoms with Crippen LogP contribution in [0, 0.1) is 0 Å². The third-order valence-corrected chi connectivity index (χ3v) is 4.22. The second kappa shape index (κ2) is 8.98. The summed E-state index contributed by atoms with van der Waals surface area (Å²) in [6, 6.07) is 14.8. The van der Waals surface area contributed by atoms with Gasteiger partial charge in [-0.3, -0.25) is 9.59 Å². The van der Waals surface area contributed by atoms with Crippen LogP contribution in [0.3, 0.4) is 0 Å². The molecule has 2 N–H and O–H groups in total. The topological polar surface area (TPSA) is 67.4 Å². The minimum Gasteiger partial charge on any atom is -0.497 e. The van der Waals surface area contributed by atoms with Gasteiger partial charge in [-0.05, 0) is 24.3 Å². The summed E-state index contributed by atoms with van der Waals surface area (Å²) in [5.41, 5.74) is 1.08. The van der Waals surface area contributed by atoms with Crippen LogP contribution in [0.2, 0.25) is 0 Å². The molecule has 0 aromatic heterocycles. The van der Waals surface area contributed by atoms with Gasteiger partial charge in [0.25, 0.3) is 0 Å². The molecule has 0 bridgehead atoms. The summed E-state index contributed by atoms with van der Waals surface area (Å²) in [7, 11) is 1.55. The first-order chi connectivity index (χ1) is 11.6. The van der Waals surface area contributed by atoms with Crippen molar-refractivity contribution in [2.24, 2.45) is 0 Å². The second-order valence-electron chi connectivity index (χ2n) is 4.96. The standard InChI is InChI=1S/C18H20N2O3S/c1-3-17(21)19-15-10-9-13(23-2)11-16(15)20-18(22)12-24-14-7-5-4-6-8-14/h4-11H,3,12H2,1-2H3,(H,19,21)(H,20,22). The zero-order chi connectivity index (χ0) is 17.4. The van der Waals surface area contributed by atoms with Gasteiger partial charge in [0.1, 0.15) is 5.75 Å². The summed E-state index contributed by atoms with van der Waals surface area (Å²) in [6.45, 7) is 1.77. The Hall–Kier alpha value is -2.47.